The van der Waals surface area contributed by atoms with Crippen LogP contribution in [0.5, 0.6) is 0 Å². The van der Waals surface area contributed by atoms with Gasteiger partial charge >= 0.3 is 0 Å². The summed E-state index contributed by atoms with van der Waals surface area (Å²) in [6, 6.07) is 3.28. The highest BCUT2D eigenvalue weighted by Gasteiger charge is 2.23. The number of hydrogen-bond donors (Lipinski definition) is 1. The molecule has 2 atom stereocenters. The second-order valence-electron chi connectivity index (χ2n) is 5.57. The van der Waals surface area contributed by atoms with Crippen molar-refractivity contribution in [1.29, 1.82) is 0 Å². The summed E-state index contributed by atoms with van der Waals surface area (Å²) in [5.74, 6) is 0.756. The third kappa shape index (κ3) is 3.46. The van der Waals surface area contributed by atoms with E-state index < -0.39 is 0 Å². The number of nitrogens with one attached hydrogen (secondary N) is 1. The van der Waals surface area contributed by atoms with Crippen LogP contribution in [0.15, 0.2) is 6.07 Å². The van der Waals surface area contributed by atoms with E-state index in [1.54, 1.807) is 11.3 Å². The lowest BCUT2D eigenvalue weighted by Crippen LogP contribution is -2.33. The Bertz CT molecular complexity index is 372. The molecule has 17 heavy (non-hydrogen) atoms. The molecule has 1 aromatic heterocycles. The van der Waals surface area contributed by atoms with Crippen LogP contribution in [-0.2, 0) is 6.42 Å². The van der Waals surface area contributed by atoms with Crippen LogP contribution >= 0.6 is 22.9 Å². The van der Waals surface area contributed by atoms with Gasteiger partial charge in [-0.2, -0.15) is 0 Å². The topological polar surface area (TPSA) is 12.0 Å². The van der Waals surface area contributed by atoms with Gasteiger partial charge in [0.2, 0.25) is 0 Å². The largest absolute Gasteiger partial charge is 0.307 e. The van der Waals surface area contributed by atoms with Crippen molar-refractivity contribution < 1.29 is 0 Å². The fourth-order valence-electron chi connectivity index (χ4n) is 2.81. The van der Waals surface area contributed by atoms with Crippen LogP contribution in [0.3, 0.4) is 0 Å². The maximum atomic E-state index is 6.13. The van der Waals surface area contributed by atoms with Crippen molar-refractivity contribution in [3.05, 3.63) is 20.8 Å². The number of hydrogen-bond acceptors (Lipinski definition) is 2. The molecule has 0 saturated heterocycles. The fraction of sp³-hybridized carbons (Fsp3) is 0.714. The lowest BCUT2D eigenvalue weighted by molar-refractivity contribution is 0.368. The third-order valence-electron chi connectivity index (χ3n) is 3.39. The van der Waals surface area contributed by atoms with E-state index in [2.05, 4.69) is 32.2 Å². The second-order valence-corrected chi connectivity index (χ2v) is 7.34. The van der Waals surface area contributed by atoms with Gasteiger partial charge in [-0.15, -0.1) is 11.3 Å². The van der Waals surface area contributed by atoms with Gasteiger partial charge < -0.3 is 5.32 Å². The Balaban J connectivity index is 2.03. The van der Waals surface area contributed by atoms with E-state index in [-0.39, 0.29) is 0 Å². The first-order chi connectivity index (χ1) is 8.06. The van der Waals surface area contributed by atoms with Gasteiger partial charge in [0, 0.05) is 17.0 Å². The van der Waals surface area contributed by atoms with Gasteiger partial charge in [-0.1, -0.05) is 25.4 Å². The Morgan fingerprint density at radius 2 is 2.24 bits per heavy atom. The molecule has 0 saturated carbocycles. The molecular weight excluding hydrogens is 250 g/mol. The van der Waals surface area contributed by atoms with E-state index in [1.165, 1.54) is 36.1 Å². The molecule has 96 valence electrons. The molecular formula is C14H22ClNS. The SMILES string of the molecule is CC(C)CC(C)NC1CCCc2sc(Cl)cc21. The maximum Gasteiger partial charge on any atom is 0.0934 e. The molecule has 0 spiro atoms. The van der Waals surface area contributed by atoms with Gasteiger partial charge in [-0.25, -0.2) is 0 Å². The Hall–Kier alpha value is -0.0500. The molecule has 1 aromatic rings. The Labute approximate surface area is 114 Å². The molecule has 3 heteroatoms. The van der Waals surface area contributed by atoms with Gasteiger partial charge in [0.1, 0.15) is 0 Å². The normalized spacial score (nSPS) is 21.6. The van der Waals surface area contributed by atoms with E-state index >= 15 is 0 Å². The predicted octanol–water partition coefficient (Wildman–Crippen LogP) is 4.80. The molecule has 2 unspecified atom stereocenters. The molecule has 0 amide bonds. The Kier molecular flexibility index (Phi) is 4.51. The van der Waals surface area contributed by atoms with Crippen molar-refractivity contribution in [1.82, 2.24) is 5.32 Å². The van der Waals surface area contributed by atoms with Crippen molar-refractivity contribution in [3.8, 4) is 0 Å². The van der Waals surface area contributed by atoms with E-state index in [4.69, 9.17) is 11.6 Å². The first kappa shape index (κ1) is 13.4. The first-order valence-corrected chi connectivity index (χ1v) is 7.80. The van der Waals surface area contributed by atoms with Gasteiger partial charge in [0.15, 0.2) is 0 Å². The number of aryl methyl sites for hydroxylation is 1. The molecule has 1 aliphatic carbocycles. The number of halogens is 1. The van der Waals surface area contributed by atoms with Crippen LogP contribution in [0.4, 0.5) is 0 Å². The molecule has 0 aliphatic heterocycles. The second kappa shape index (κ2) is 5.73. The van der Waals surface area contributed by atoms with Crippen molar-refractivity contribution >= 4 is 22.9 Å². The molecule has 2 rings (SSSR count). The summed E-state index contributed by atoms with van der Waals surface area (Å²) in [6.45, 7) is 6.86. The minimum absolute atomic E-state index is 0.524. The third-order valence-corrected chi connectivity index (χ3v) is 4.73. The van der Waals surface area contributed by atoms with Gasteiger partial charge in [-0.3, -0.25) is 0 Å². The molecule has 1 N–H and O–H groups in total. The summed E-state index contributed by atoms with van der Waals surface area (Å²) in [7, 11) is 0. The quantitative estimate of drug-likeness (QED) is 0.829. The number of thiophene rings is 1. The highest BCUT2D eigenvalue weighted by Crippen LogP contribution is 2.38. The van der Waals surface area contributed by atoms with Crippen LogP contribution in [-0.4, -0.2) is 6.04 Å². The molecule has 1 heterocycles. The zero-order valence-electron chi connectivity index (χ0n) is 10.9. The number of rotatable bonds is 4. The van der Waals surface area contributed by atoms with Gasteiger partial charge in [-0.05, 0) is 50.2 Å². The molecule has 0 bridgehead atoms. The smallest absolute Gasteiger partial charge is 0.0934 e. The standard InChI is InChI=1S/C14H22ClNS/c1-9(2)7-10(3)16-12-5-4-6-13-11(12)8-14(15)17-13/h8-10,12,16H,4-7H2,1-3H3. The molecule has 1 nitrogen and oxygen atoms in total. The molecule has 0 fully saturated rings. The molecule has 0 aromatic carbocycles. The van der Waals surface area contributed by atoms with Crippen LogP contribution in [0.25, 0.3) is 0 Å². The number of fused-ring (bicyclic) bond motifs is 1. The predicted molar refractivity (Wildman–Crippen MR) is 77.1 cm³/mol. The highest BCUT2D eigenvalue weighted by molar-refractivity contribution is 7.16. The average molecular weight is 272 g/mol. The monoisotopic (exact) mass is 271 g/mol. The van der Waals surface area contributed by atoms with Crippen LogP contribution in [0.1, 0.15) is 56.5 Å². The van der Waals surface area contributed by atoms with Gasteiger partial charge in [0.25, 0.3) is 0 Å². The molecule has 0 radical (unpaired) electrons. The average Bonchev–Trinajstić information content (AvgIpc) is 2.58. The zero-order valence-corrected chi connectivity index (χ0v) is 12.5. The summed E-state index contributed by atoms with van der Waals surface area (Å²) in [4.78, 5) is 1.50. The minimum Gasteiger partial charge on any atom is -0.307 e. The minimum atomic E-state index is 0.524. The maximum absolute atomic E-state index is 6.13. The Morgan fingerprint density at radius 1 is 1.47 bits per heavy atom. The lowest BCUT2D eigenvalue weighted by Gasteiger charge is -2.28. The lowest BCUT2D eigenvalue weighted by atomic mass is 9.92. The first-order valence-electron chi connectivity index (χ1n) is 6.60. The highest BCUT2D eigenvalue weighted by atomic mass is 35.5. The van der Waals surface area contributed by atoms with Gasteiger partial charge in [0.05, 0.1) is 4.34 Å². The van der Waals surface area contributed by atoms with Crippen molar-refractivity contribution in [3.63, 3.8) is 0 Å². The van der Waals surface area contributed by atoms with Crippen LogP contribution in [0.2, 0.25) is 4.34 Å². The van der Waals surface area contributed by atoms with Crippen molar-refractivity contribution in [2.75, 3.05) is 0 Å². The van der Waals surface area contributed by atoms with E-state index in [9.17, 15) is 0 Å². The van der Waals surface area contributed by atoms with Crippen molar-refractivity contribution in [2.24, 2.45) is 5.92 Å². The van der Waals surface area contributed by atoms with E-state index in [0.29, 0.717) is 12.1 Å². The van der Waals surface area contributed by atoms with Crippen molar-refractivity contribution in [2.45, 2.75) is 58.5 Å². The summed E-state index contributed by atoms with van der Waals surface area (Å²) in [5.41, 5.74) is 1.46. The summed E-state index contributed by atoms with van der Waals surface area (Å²) < 4.78 is 0.945. The van der Waals surface area contributed by atoms with Crippen LogP contribution < -0.4 is 5.32 Å². The summed E-state index contributed by atoms with van der Waals surface area (Å²) in [5, 5.41) is 3.77. The summed E-state index contributed by atoms with van der Waals surface area (Å²) in [6.07, 6.45) is 4.99. The molecule has 1 aliphatic rings. The van der Waals surface area contributed by atoms with E-state index in [0.717, 1.165) is 10.3 Å². The Morgan fingerprint density at radius 3 is 2.94 bits per heavy atom. The summed E-state index contributed by atoms with van der Waals surface area (Å²) >= 11 is 7.89. The fourth-order valence-corrected chi connectivity index (χ4v) is 4.20. The van der Waals surface area contributed by atoms with E-state index in [1.807, 2.05) is 0 Å². The van der Waals surface area contributed by atoms with Crippen LogP contribution in [0, 0.1) is 5.92 Å². The zero-order chi connectivity index (χ0) is 12.4.